The van der Waals surface area contributed by atoms with Crippen molar-refractivity contribution in [1.29, 1.82) is 0 Å². The van der Waals surface area contributed by atoms with E-state index in [0.717, 1.165) is 5.75 Å². The van der Waals surface area contributed by atoms with Gasteiger partial charge in [-0.05, 0) is 25.5 Å². The summed E-state index contributed by atoms with van der Waals surface area (Å²) in [4.78, 5) is 1.21. The van der Waals surface area contributed by atoms with Gasteiger partial charge in [0.15, 0.2) is 0 Å². The van der Waals surface area contributed by atoms with Gasteiger partial charge in [0.2, 0.25) is 10.0 Å². The summed E-state index contributed by atoms with van der Waals surface area (Å²) in [7, 11) is -3.05. The van der Waals surface area contributed by atoms with Crippen LogP contribution in [0.4, 0.5) is 0 Å². The van der Waals surface area contributed by atoms with Crippen LogP contribution in [0.15, 0.2) is 29.2 Å². The predicted octanol–water partition coefficient (Wildman–Crippen LogP) is 2.03. The van der Waals surface area contributed by atoms with Crippen molar-refractivity contribution < 1.29 is 8.42 Å². The first-order chi connectivity index (χ1) is 7.55. The zero-order valence-electron chi connectivity index (χ0n) is 9.56. The minimum absolute atomic E-state index is 0.141. The van der Waals surface area contributed by atoms with Gasteiger partial charge in [-0.1, -0.05) is 18.2 Å². The highest BCUT2D eigenvalue weighted by atomic mass is 32.2. The minimum Gasteiger partial charge on any atom is -0.214 e. The quantitative estimate of drug-likeness (QED) is 0.628. The Morgan fingerprint density at radius 3 is 2.62 bits per heavy atom. The number of aryl methyl sites for hydroxylation is 1. The molecular formula is C11H17NO2S2. The standard InChI is InChI=1S/C11H17NO2S2/c1-3-16(13,14)12-8-9-15-11-7-5-4-6-10(11)2/h4-7,12H,3,8-9H2,1-2H3. The monoisotopic (exact) mass is 259 g/mol. The SMILES string of the molecule is CCS(=O)(=O)NCCSc1ccccc1C. The Morgan fingerprint density at radius 2 is 2.00 bits per heavy atom. The highest BCUT2D eigenvalue weighted by Crippen LogP contribution is 2.20. The summed E-state index contributed by atoms with van der Waals surface area (Å²) >= 11 is 1.67. The molecule has 1 rings (SSSR count). The van der Waals surface area contributed by atoms with Crippen molar-refractivity contribution in [2.45, 2.75) is 18.7 Å². The summed E-state index contributed by atoms with van der Waals surface area (Å²) in [5.41, 5.74) is 1.23. The van der Waals surface area contributed by atoms with Crippen molar-refractivity contribution in [2.24, 2.45) is 0 Å². The Hall–Kier alpha value is -0.520. The summed E-state index contributed by atoms with van der Waals surface area (Å²) < 4.78 is 24.9. The van der Waals surface area contributed by atoms with Crippen molar-refractivity contribution in [3.05, 3.63) is 29.8 Å². The van der Waals surface area contributed by atoms with Gasteiger partial charge in [-0.3, -0.25) is 0 Å². The molecule has 0 aliphatic heterocycles. The number of hydrogen-bond acceptors (Lipinski definition) is 3. The minimum atomic E-state index is -3.05. The number of thioether (sulfide) groups is 1. The Kier molecular flexibility index (Phi) is 5.31. The van der Waals surface area contributed by atoms with E-state index in [4.69, 9.17) is 0 Å². The highest BCUT2D eigenvalue weighted by Gasteiger charge is 2.05. The molecular weight excluding hydrogens is 242 g/mol. The van der Waals surface area contributed by atoms with E-state index >= 15 is 0 Å². The van der Waals surface area contributed by atoms with Gasteiger partial charge in [0.05, 0.1) is 5.75 Å². The second-order valence-electron chi connectivity index (χ2n) is 3.41. The molecule has 0 bridgehead atoms. The molecule has 1 aromatic rings. The summed E-state index contributed by atoms with van der Waals surface area (Å²) in [5.74, 6) is 0.895. The molecule has 0 atom stereocenters. The molecule has 5 heteroatoms. The van der Waals surface area contributed by atoms with Crippen molar-refractivity contribution in [1.82, 2.24) is 4.72 Å². The molecule has 0 aliphatic carbocycles. The maximum absolute atomic E-state index is 11.2. The normalized spacial score (nSPS) is 11.6. The number of hydrogen-bond donors (Lipinski definition) is 1. The van der Waals surface area contributed by atoms with Crippen molar-refractivity contribution >= 4 is 21.8 Å². The van der Waals surface area contributed by atoms with Gasteiger partial charge in [-0.15, -0.1) is 11.8 Å². The van der Waals surface area contributed by atoms with E-state index in [1.165, 1.54) is 10.5 Å². The van der Waals surface area contributed by atoms with Gasteiger partial charge in [0.1, 0.15) is 0 Å². The lowest BCUT2D eigenvalue weighted by Crippen LogP contribution is -2.27. The van der Waals surface area contributed by atoms with Gasteiger partial charge < -0.3 is 0 Å². The number of nitrogens with one attached hydrogen (secondary N) is 1. The molecule has 0 aromatic heterocycles. The van der Waals surface area contributed by atoms with Gasteiger partial charge in [0, 0.05) is 17.2 Å². The van der Waals surface area contributed by atoms with E-state index in [1.54, 1.807) is 18.7 Å². The number of benzene rings is 1. The first-order valence-corrected chi connectivity index (χ1v) is 7.84. The summed E-state index contributed by atoms with van der Waals surface area (Å²) in [6.07, 6.45) is 0. The maximum atomic E-state index is 11.2. The molecule has 0 unspecified atom stereocenters. The fourth-order valence-electron chi connectivity index (χ4n) is 1.18. The van der Waals surface area contributed by atoms with Crippen LogP contribution in [-0.2, 0) is 10.0 Å². The van der Waals surface area contributed by atoms with Gasteiger partial charge >= 0.3 is 0 Å². The highest BCUT2D eigenvalue weighted by molar-refractivity contribution is 7.99. The van der Waals surface area contributed by atoms with Crippen LogP contribution in [0.2, 0.25) is 0 Å². The van der Waals surface area contributed by atoms with Crippen LogP contribution in [0.1, 0.15) is 12.5 Å². The van der Waals surface area contributed by atoms with Gasteiger partial charge in [-0.25, -0.2) is 13.1 Å². The van der Waals surface area contributed by atoms with E-state index in [0.29, 0.717) is 6.54 Å². The Labute approximate surface area is 102 Å². The van der Waals surface area contributed by atoms with Crippen LogP contribution in [0.5, 0.6) is 0 Å². The molecule has 0 spiro atoms. The fraction of sp³-hybridized carbons (Fsp3) is 0.455. The average molecular weight is 259 g/mol. The Balaban J connectivity index is 2.35. The Morgan fingerprint density at radius 1 is 1.31 bits per heavy atom. The third-order valence-electron chi connectivity index (χ3n) is 2.16. The molecule has 16 heavy (non-hydrogen) atoms. The second-order valence-corrected chi connectivity index (χ2v) is 6.64. The third-order valence-corrected chi connectivity index (χ3v) is 4.74. The van der Waals surface area contributed by atoms with E-state index in [9.17, 15) is 8.42 Å². The molecule has 1 N–H and O–H groups in total. The van der Waals surface area contributed by atoms with E-state index in [2.05, 4.69) is 17.7 Å². The summed E-state index contributed by atoms with van der Waals surface area (Å²) in [6.45, 7) is 4.17. The van der Waals surface area contributed by atoms with E-state index in [1.807, 2.05) is 18.2 Å². The topological polar surface area (TPSA) is 46.2 Å². The van der Waals surface area contributed by atoms with Crippen LogP contribution in [0.3, 0.4) is 0 Å². The van der Waals surface area contributed by atoms with Gasteiger partial charge in [0.25, 0.3) is 0 Å². The predicted molar refractivity (Wildman–Crippen MR) is 69.4 cm³/mol. The molecule has 3 nitrogen and oxygen atoms in total. The second kappa shape index (κ2) is 6.27. The molecule has 0 fully saturated rings. The average Bonchev–Trinajstić information content (AvgIpc) is 2.27. The molecule has 0 saturated carbocycles. The first kappa shape index (κ1) is 13.5. The third kappa shape index (κ3) is 4.55. The summed E-state index contributed by atoms with van der Waals surface area (Å²) in [6, 6.07) is 8.09. The molecule has 0 amide bonds. The van der Waals surface area contributed by atoms with E-state index in [-0.39, 0.29) is 5.75 Å². The zero-order chi connectivity index (χ0) is 12.0. The number of sulfonamides is 1. The lowest BCUT2D eigenvalue weighted by molar-refractivity contribution is 0.585. The van der Waals surface area contributed by atoms with Gasteiger partial charge in [-0.2, -0.15) is 0 Å². The fourth-order valence-corrected chi connectivity index (χ4v) is 2.82. The molecule has 1 aromatic carbocycles. The van der Waals surface area contributed by atoms with Crippen LogP contribution in [-0.4, -0.2) is 26.5 Å². The van der Waals surface area contributed by atoms with Crippen molar-refractivity contribution in [2.75, 3.05) is 18.1 Å². The van der Waals surface area contributed by atoms with Crippen LogP contribution in [0.25, 0.3) is 0 Å². The lowest BCUT2D eigenvalue weighted by Gasteiger charge is -2.06. The van der Waals surface area contributed by atoms with Crippen molar-refractivity contribution in [3.63, 3.8) is 0 Å². The zero-order valence-corrected chi connectivity index (χ0v) is 11.2. The molecule has 90 valence electrons. The van der Waals surface area contributed by atoms with Crippen LogP contribution in [0, 0.1) is 6.92 Å². The molecule has 0 radical (unpaired) electrons. The smallest absolute Gasteiger partial charge is 0.211 e. The van der Waals surface area contributed by atoms with Crippen LogP contribution < -0.4 is 4.72 Å². The molecule has 0 heterocycles. The Bertz CT molecular complexity index is 429. The van der Waals surface area contributed by atoms with Crippen LogP contribution >= 0.6 is 11.8 Å². The largest absolute Gasteiger partial charge is 0.214 e. The maximum Gasteiger partial charge on any atom is 0.211 e. The molecule has 0 aliphatic rings. The van der Waals surface area contributed by atoms with E-state index < -0.39 is 10.0 Å². The molecule has 0 saturated heterocycles. The van der Waals surface area contributed by atoms with Crippen molar-refractivity contribution in [3.8, 4) is 0 Å². The summed E-state index contributed by atoms with van der Waals surface area (Å²) in [5, 5.41) is 0. The number of rotatable bonds is 6. The first-order valence-electron chi connectivity index (χ1n) is 5.21. The lowest BCUT2D eigenvalue weighted by atomic mass is 10.2.